The molecule has 1 aromatic heterocycles. The van der Waals surface area contributed by atoms with E-state index < -0.39 is 0 Å². The lowest BCUT2D eigenvalue weighted by Gasteiger charge is -2.06. The molecule has 18 heavy (non-hydrogen) atoms. The van der Waals surface area contributed by atoms with Crippen LogP contribution in [0, 0.1) is 6.92 Å². The third kappa shape index (κ3) is 3.59. The lowest BCUT2D eigenvalue weighted by Crippen LogP contribution is -2.22. The van der Waals surface area contributed by atoms with Gasteiger partial charge in [-0.05, 0) is 36.2 Å². The molecule has 2 rings (SSSR count). The first-order valence-electron chi connectivity index (χ1n) is 5.76. The van der Waals surface area contributed by atoms with Crippen molar-refractivity contribution in [2.45, 2.75) is 13.5 Å². The van der Waals surface area contributed by atoms with E-state index in [4.69, 9.17) is 5.73 Å². The second kappa shape index (κ2) is 5.82. The van der Waals surface area contributed by atoms with Crippen molar-refractivity contribution in [3.05, 3.63) is 59.9 Å². The number of hydrogen-bond acceptors (Lipinski definition) is 2. The summed E-state index contributed by atoms with van der Waals surface area (Å²) in [7, 11) is 0. The van der Waals surface area contributed by atoms with E-state index >= 15 is 0 Å². The van der Waals surface area contributed by atoms with Gasteiger partial charge in [0.15, 0.2) is 5.96 Å². The summed E-state index contributed by atoms with van der Waals surface area (Å²) in [5.41, 5.74) is 8.98. The van der Waals surface area contributed by atoms with Crippen LogP contribution in [0.5, 0.6) is 0 Å². The Labute approximate surface area is 107 Å². The Morgan fingerprint density at radius 1 is 1.33 bits per heavy atom. The number of aryl methyl sites for hydroxylation is 1. The van der Waals surface area contributed by atoms with Crippen LogP contribution in [0.2, 0.25) is 0 Å². The SMILES string of the molecule is Cc1cccc(NC(N)=NCc2cccnc2)c1. The highest BCUT2D eigenvalue weighted by Gasteiger charge is 1.95. The van der Waals surface area contributed by atoms with E-state index in [0.717, 1.165) is 11.3 Å². The third-order valence-corrected chi connectivity index (χ3v) is 2.45. The van der Waals surface area contributed by atoms with Crippen LogP contribution >= 0.6 is 0 Å². The van der Waals surface area contributed by atoms with Gasteiger partial charge in [0.2, 0.25) is 0 Å². The van der Waals surface area contributed by atoms with E-state index in [2.05, 4.69) is 15.3 Å². The molecular formula is C14H16N4. The van der Waals surface area contributed by atoms with Gasteiger partial charge in [-0.15, -0.1) is 0 Å². The number of aliphatic imine (C=N–C) groups is 1. The van der Waals surface area contributed by atoms with Gasteiger partial charge in [0, 0.05) is 18.1 Å². The van der Waals surface area contributed by atoms with E-state index in [-0.39, 0.29) is 0 Å². The molecule has 0 spiro atoms. The number of anilines is 1. The summed E-state index contributed by atoms with van der Waals surface area (Å²) in [6.45, 7) is 2.56. The van der Waals surface area contributed by atoms with Crippen LogP contribution in [-0.4, -0.2) is 10.9 Å². The molecule has 0 saturated carbocycles. The fourth-order valence-electron chi connectivity index (χ4n) is 1.58. The number of nitrogens with zero attached hydrogens (tertiary/aromatic N) is 2. The average molecular weight is 240 g/mol. The zero-order valence-electron chi connectivity index (χ0n) is 10.3. The van der Waals surface area contributed by atoms with Crippen LogP contribution in [0.1, 0.15) is 11.1 Å². The van der Waals surface area contributed by atoms with Crippen LogP contribution < -0.4 is 11.1 Å². The molecule has 0 radical (unpaired) electrons. The molecule has 0 saturated heterocycles. The summed E-state index contributed by atoms with van der Waals surface area (Å²) >= 11 is 0. The fraction of sp³-hybridized carbons (Fsp3) is 0.143. The number of aromatic nitrogens is 1. The van der Waals surface area contributed by atoms with Gasteiger partial charge in [-0.3, -0.25) is 4.98 Å². The molecule has 4 nitrogen and oxygen atoms in total. The van der Waals surface area contributed by atoms with Crippen LogP contribution in [0.4, 0.5) is 5.69 Å². The highest BCUT2D eigenvalue weighted by molar-refractivity contribution is 5.92. The lowest BCUT2D eigenvalue weighted by atomic mass is 10.2. The smallest absolute Gasteiger partial charge is 0.193 e. The average Bonchev–Trinajstić information content (AvgIpc) is 2.38. The standard InChI is InChI=1S/C14H16N4/c1-11-4-2-6-13(8-11)18-14(15)17-10-12-5-3-7-16-9-12/h2-9H,10H2,1H3,(H3,15,17,18). The van der Waals surface area contributed by atoms with Crippen molar-refractivity contribution in [1.82, 2.24) is 4.98 Å². The number of guanidine groups is 1. The number of rotatable bonds is 3. The number of hydrogen-bond donors (Lipinski definition) is 2. The highest BCUT2D eigenvalue weighted by atomic mass is 15.1. The molecule has 92 valence electrons. The van der Waals surface area contributed by atoms with E-state index in [9.17, 15) is 0 Å². The minimum Gasteiger partial charge on any atom is -0.370 e. The molecule has 0 atom stereocenters. The van der Waals surface area contributed by atoms with E-state index in [0.29, 0.717) is 12.5 Å². The molecular weight excluding hydrogens is 224 g/mol. The highest BCUT2D eigenvalue weighted by Crippen LogP contribution is 2.09. The maximum atomic E-state index is 5.82. The molecule has 0 bridgehead atoms. The molecule has 0 aliphatic heterocycles. The van der Waals surface area contributed by atoms with Gasteiger partial charge in [0.1, 0.15) is 0 Å². The molecule has 4 heteroatoms. The van der Waals surface area contributed by atoms with Crippen molar-refractivity contribution in [3.63, 3.8) is 0 Å². The van der Waals surface area contributed by atoms with Crippen molar-refractivity contribution >= 4 is 11.6 Å². The van der Waals surface area contributed by atoms with Crippen LogP contribution in [0.3, 0.4) is 0 Å². The lowest BCUT2D eigenvalue weighted by molar-refractivity contribution is 1.04. The second-order valence-corrected chi connectivity index (χ2v) is 4.06. The Morgan fingerprint density at radius 2 is 2.22 bits per heavy atom. The van der Waals surface area contributed by atoms with Gasteiger partial charge in [0.05, 0.1) is 6.54 Å². The summed E-state index contributed by atoms with van der Waals surface area (Å²) in [4.78, 5) is 8.29. The molecule has 1 heterocycles. The van der Waals surface area contributed by atoms with Crippen molar-refractivity contribution in [3.8, 4) is 0 Å². The van der Waals surface area contributed by atoms with Crippen LogP contribution in [0.15, 0.2) is 53.8 Å². The molecule has 0 amide bonds. The van der Waals surface area contributed by atoms with Gasteiger partial charge in [-0.25, -0.2) is 4.99 Å². The summed E-state index contributed by atoms with van der Waals surface area (Å²) in [6, 6.07) is 11.8. The van der Waals surface area contributed by atoms with Gasteiger partial charge >= 0.3 is 0 Å². The number of nitrogens with two attached hydrogens (primary N) is 1. The van der Waals surface area contributed by atoms with E-state index in [1.54, 1.807) is 12.4 Å². The van der Waals surface area contributed by atoms with Gasteiger partial charge in [0.25, 0.3) is 0 Å². The zero-order chi connectivity index (χ0) is 12.8. The number of benzene rings is 1. The Morgan fingerprint density at radius 3 is 2.94 bits per heavy atom. The predicted molar refractivity (Wildman–Crippen MR) is 74.4 cm³/mol. The van der Waals surface area contributed by atoms with Crippen molar-refractivity contribution in [2.24, 2.45) is 10.7 Å². The Hall–Kier alpha value is -2.36. The fourth-order valence-corrected chi connectivity index (χ4v) is 1.58. The summed E-state index contributed by atoms with van der Waals surface area (Å²) in [5.74, 6) is 0.407. The molecule has 0 aliphatic rings. The van der Waals surface area contributed by atoms with Crippen molar-refractivity contribution in [2.75, 3.05) is 5.32 Å². The number of nitrogens with one attached hydrogen (secondary N) is 1. The third-order valence-electron chi connectivity index (χ3n) is 2.45. The summed E-state index contributed by atoms with van der Waals surface area (Å²) < 4.78 is 0. The predicted octanol–water partition coefficient (Wildman–Crippen LogP) is 2.32. The Kier molecular flexibility index (Phi) is 3.91. The first-order chi connectivity index (χ1) is 8.74. The van der Waals surface area contributed by atoms with E-state index in [1.165, 1.54) is 5.56 Å². The molecule has 0 fully saturated rings. The largest absolute Gasteiger partial charge is 0.370 e. The minimum absolute atomic E-state index is 0.407. The maximum Gasteiger partial charge on any atom is 0.193 e. The zero-order valence-corrected chi connectivity index (χ0v) is 10.3. The van der Waals surface area contributed by atoms with Crippen molar-refractivity contribution in [1.29, 1.82) is 0 Å². The van der Waals surface area contributed by atoms with Crippen LogP contribution in [-0.2, 0) is 6.54 Å². The molecule has 3 N–H and O–H groups in total. The maximum absolute atomic E-state index is 5.82. The van der Waals surface area contributed by atoms with Crippen molar-refractivity contribution < 1.29 is 0 Å². The van der Waals surface area contributed by atoms with Gasteiger partial charge < -0.3 is 11.1 Å². The van der Waals surface area contributed by atoms with E-state index in [1.807, 2.05) is 43.3 Å². The summed E-state index contributed by atoms with van der Waals surface area (Å²) in [6.07, 6.45) is 3.52. The first-order valence-corrected chi connectivity index (χ1v) is 5.76. The minimum atomic E-state index is 0.407. The molecule has 1 aromatic carbocycles. The van der Waals surface area contributed by atoms with Gasteiger partial charge in [-0.2, -0.15) is 0 Å². The van der Waals surface area contributed by atoms with Gasteiger partial charge in [-0.1, -0.05) is 18.2 Å². The first kappa shape index (κ1) is 12.1. The topological polar surface area (TPSA) is 63.3 Å². The molecule has 2 aromatic rings. The quantitative estimate of drug-likeness (QED) is 0.639. The Balaban J connectivity index is 1.97. The number of pyridine rings is 1. The van der Waals surface area contributed by atoms with Crippen LogP contribution in [0.25, 0.3) is 0 Å². The monoisotopic (exact) mass is 240 g/mol. The normalized spacial score (nSPS) is 11.3. The Bertz CT molecular complexity index is 535. The summed E-state index contributed by atoms with van der Waals surface area (Å²) in [5, 5.41) is 3.06. The second-order valence-electron chi connectivity index (χ2n) is 4.06. The molecule has 0 unspecified atom stereocenters. The molecule has 0 aliphatic carbocycles.